The molecule has 1 aromatic carbocycles. The summed E-state index contributed by atoms with van der Waals surface area (Å²) >= 11 is 0. The van der Waals surface area contributed by atoms with Crippen LogP contribution in [0.1, 0.15) is 42.3 Å². The number of hydrogen-bond donors (Lipinski definition) is 5. The predicted molar refractivity (Wildman–Crippen MR) is 99.0 cm³/mol. The Morgan fingerprint density at radius 1 is 1.10 bits per heavy atom. The molecule has 1 aliphatic carbocycles. The molecular weight excluding hydrogens is 423 g/mol. The lowest BCUT2D eigenvalue weighted by Crippen LogP contribution is -2.47. The van der Waals surface area contributed by atoms with Gasteiger partial charge in [0.2, 0.25) is 0 Å². The Morgan fingerprint density at radius 3 is 2.03 bits per heavy atom. The van der Waals surface area contributed by atoms with Crippen molar-refractivity contribution in [1.82, 2.24) is 0 Å². The smallest absolute Gasteiger partial charge is 0.466 e. The molecule has 3 rings (SSSR count). The van der Waals surface area contributed by atoms with Gasteiger partial charge < -0.3 is 29.6 Å². The summed E-state index contributed by atoms with van der Waals surface area (Å²) in [6, 6.07) is 0. The van der Waals surface area contributed by atoms with Crippen molar-refractivity contribution in [2.24, 2.45) is 5.92 Å². The number of ether oxygens (including phenoxy) is 1. The van der Waals surface area contributed by atoms with Crippen molar-refractivity contribution in [3.05, 3.63) is 28.5 Å². The third-order valence-electron chi connectivity index (χ3n) is 4.91. The molecule has 0 spiro atoms. The van der Waals surface area contributed by atoms with Crippen molar-refractivity contribution >= 4 is 31.0 Å². The summed E-state index contributed by atoms with van der Waals surface area (Å²) in [4.78, 5) is 70.4. The number of hydrogen-bond acceptors (Lipinski definition) is 8. The second-order valence-corrected chi connectivity index (χ2v) is 8.04. The Labute approximate surface area is 169 Å². The first-order valence-corrected chi connectivity index (χ1v) is 9.96. The minimum Gasteiger partial charge on any atom is -0.507 e. The van der Waals surface area contributed by atoms with Crippen molar-refractivity contribution in [1.29, 1.82) is 0 Å². The van der Waals surface area contributed by atoms with Gasteiger partial charge in [0, 0.05) is 11.6 Å². The Bertz CT molecular complexity index is 1070. The molecule has 162 valence electrons. The first-order chi connectivity index (χ1) is 13.5. The number of carbonyl (C=O) groups is 4. The fourth-order valence-electron chi connectivity index (χ4n) is 3.49. The zero-order chi connectivity index (χ0) is 23.3. The normalized spacial score (nSPS) is 22.2. The Hall–Kier alpha value is -2.85. The molecule has 1 heterocycles. The van der Waals surface area contributed by atoms with Crippen LogP contribution in [0, 0.1) is 12.8 Å². The standard InChI is InChI=1S/C18H16O7.H3O4P/c1-6-14(22)12(8(3)20)16-13(15(6)23)18(4)10(25-16)5-9(21)11(7(2)19)17(18)24;1-5(2,3)4/h5,11,22-23H,1-4H3;(H3,1,2,3,4). The van der Waals surface area contributed by atoms with E-state index >= 15 is 0 Å². The van der Waals surface area contributed by atoms with Crippen LogP contribution in [-0.2, 0) is 24.4 Å². The first kappa shape index (κ1) is 23.4. The van der Waals surface area contributed by atoms with Crippen molar-refractivity contribution < 1.29 is 53.4 Å². The number of aromatic hydroxyl groups is 2. The number of ketones is 4. The number of phenols is 2. The summed E-state index contributed by atoms with van der Waals surface area (Å²) in [5.74, 6) is -5.15. The molecule has 1 aliphatic heterocycles. The van der Waals surface area contributed by atoms with Crippen LogP contribution in [0.2, 0.25) is 0 Å². The number of Topliss-reactive ketones (excluding diaryl/α,β-unsaturated/α-hetero) is 3. The molecule has 0 saturated heterocycles. The van der Waals surface area contributed by atoms with Gasteiger partial charge in [-0.15, -0.1) is 0 Å². The van der Waals surface area contributed by atoms with Crippen molar-refractivity contribution in [2.45, 2.75) is 33.1 Å². The van der Waals surface area contributed by atoms with E-state index in [9.17, 15) is 29.4 Å². The molecule has 11 nitrogen and oxygen atoms in total. The summed E-state index contributed by atoms with van der Waals surface area (Å²) in [5, 5.41) is 20.7. The zero-order valence-electron chi connectivity index (χ0n) is 16.3. The van der Waals surface area contributed by atoms with E-state index in [1.807, 2.05) is 0 Å². The third kappa shape index (κ3) is 3.68. The lowest BCUT2D eigenvalue weighted by Gasteiger charge is -2.30. The molecule has 0 radical (unpaired) electrons. The third-order valence-corrected chi connectivity index (χ3v) is 4.91. The van der Waals surface area contributed by atoms with E-state index in [0.29, 0.717) is 0 Å². The highest BCUT2D eigenvalue weighted by atomic mass is 31.2. The fourth-order valence-corrected chi connectivity index (χ4v) is 3.49. The van der Waals surface area contributed by atoms with E-state index in [1.54, 1.807) is 0 Å². The van der Waals surface area contributed by atoms with E-state index in [1.165, 1.54) is 20.8 Å². The molecule has 0 fully saturated rings. The molecule has 2 aliphatic rings. The summed E-state index contributed by atoms with van der Waals surface area (Å²) in [5.41, 5.74) is -1.77. The van der Waals surface area contributed by atoms with Gasteiger partial charge in [-0.3, -0.25) is 19.2 Å². The van der Waals surface area contributed by atoms with Crippen LogP contribution in [0.4, 0.5) is 0 Å². The molecule has 2 unspecified atom stereocenters. The van der Waals surface area contributed by atoms with Gasteiger partial charge in [-0.2, -0.15) is 0 Å². The summed E-state index contributed by atoms with van der Waals surface area (Å²) in [7, 11) is -4.64. The van der Waals surface area contributed by atoms with Gasteiger partial charge in [0.15, 0.2) is 17.3 Å². The van der Waals surface area contributed by atoms with Gasteiger partial charge in [0.25, 0.3) is 0 Å². The quantitative estimate of drug-likeness (QED) is 0.244. The summed E-state index contributed by atoms with van der Waals surface area (Å²) < 4.78 is 14.4. The number of phenolic OH excluding ortho intramolecular Hbond substituents is 2. The maximum Gasteiger partial charge on any atom is 0.466 e. The van der Waals surface area contributed by atoms with E-state index < -0.39 is 53.8 Å². The van der Waals surface area contributed by atoms with Crippen LogP contribution in [0.15, 0.2) is 11.8 Å². The molecule has 12 heteroatoms. The summed E-state index contributed by atoms with van der Waals surface area (Å²) in [6.07, 6.45) is 1.04. The number of phosphoric acid groups is 1. The number of allylic oxidation sites excluding steroid dienone is 2. The van der Waals surface area contributed by atoms with Crippen LogP contribution in [-0.4, -0.2) is 48.0 Å². The molecule has 0 saturated carbocycles. The molecule has 2 atom stereocenters. The molecule has 5 N–H and O–H groups in total. The topological polar surface area (TPSA) is 196 Å². The lowest BCUT2D eigenvalue weighted by atomic mass is 9.67. The van der Waals surface area contributed by atoms with E-state index in [0.717, 1.165) is 13.0 Å². The Balaban J connectivity index is 0.000000575. The zero-order valence-corrected chi connectivity index (χ0v) is 17.2. The van der Waals surface area contributed by atoms with Gasteiger partial charge in [0.1, 0.15) is 45.7 Å². The van der Waals surface area contributed by atoms with Crippen LogP contribution in [0.5, 0.6) is 17.2 Å². The van der Waals surface area contributed by atoms with Gasteiger partial charge >= 0.3 is 7.82 Å². The highest BCUT2D eigenvalue weighted by molar-refractivity contribution is 7.45. The van der Waals surface area contributed by atoms with Crippen LogP contribution in [0.25, 0.3) is 0 Å². The van der Waals surface area contributed by atoms with Gasteiger partial charge in [-0.1, -0.05) is 0 Å². The highest BCUT2D eigenvalue weighted by Gasteiger charge is 2.58. The average Bonchev–Trinajstić information content (AvgIpc) is 2.84. The SMILES string of the molecule is CC(=O)c1c(O)c(C)c(O)c2c1OC1=CC(=O)C(C(C)=O)C(=O)C12C.O=P(O)(O)O. The Kier molecular flexibility index (Phi) is 5.81. The average molecular weight is 442 g/mol. The number of fused-ring (bicyclic) bond motifs is 3. The van der Waals surface area contributed by atoms with Crippen molar-refractivity contribution in [3.8, 4) is 17.2 Å². The van der Waals surface area contributed by atoms with Crippen LogP contribution < -0.4 is 4.74 Å². The van der Waals surface area contributed by atoms with Crippen molar-refractivity contribution in [2.75, 3.05) is 0 Å². The van der Waals surface area contributed by atoms with E-state index in [4.69, 9.17) is 24.0 Å². The van der Waals surface area contributed by atoms with Crippen molar-refractivity contribution in [3.63, 3.8) is 0 Å². The largest absolute Gasteiger partial charge is 0.507 e. The lowest BCUT2D eigenvalue weighted by molar-refractivity contribution is -0.140. The molecule has 0 aromatic heterocycles. The maximum atomic E-state index is 13.0. The molecule has 1 aromatic rings. The minimum absolute atomic E-state index is 0.0111. The Morgan fingerprint density at radius 2 is 1.60 bits per heavy atom. The summed E-state index contributed by atoms with van der Waals surface area (Å²) in [6.45, 7) is 5.17. The number of rotatable bonds is 2. The van der Waals surface area contributed by atoms with E-state index in [-0.39, 0.29) is 28.2 Å². The first-order valence-electron chi connectivity index (χ1n) is 8.40. The van der Waals surface area contributed by atoms with E-state index in [2.05, 4.69) is 0 Å². The number of benzene rings is 1. The minimum atomic E-state index is -4.64. The highest BCUT2D eigenvalue weighted by Crippen LogP contribution is 2.57. The second kappa shape index (κ2) is 7.44. The maximum absolute atomic E-state index is 13.0. The van der Waals surface area contributed by atoms with Crippen LogP contribution in [0.3, 0.4) is 0 Å². The van der Waals surface area contributed by atoms with Gasteiger partial charge in [-0.05, 0) is 27.7 Å². The predicted octanol–water partition coefficient (Wildman–Crippen LogP) is 0.571. The van der Waals surface area contributed by atoms with Gasteiger partial charge in [-0.25, -0.2) is 4.57 Å². The molecule has 0 amide bonds. The molecular formula is C18H19O11P. The number of carbonyl (C=O) groups excluding carboxylic acids is 4. The monoisotopic (exact) mass is 442 g/mol. The van der Waals surface area contributed by atoms with Gasteiger partial charge in [0.05, 0.1) is 5.56 Å². The fraction of sp³-hybridized carbons (Fsp3) is 0.333. The second-order valence-electron chi connectivity index (χ2n) is 7.02. The molecule has 30 heavy (non-hydrogen) atoms. The molecule has 0 bridgehead atoms. The van der Waals surface area contributed by atoms with Crippen LogP contribution >= 0.6 is 7.82 Å².